The summed E-state index contributed by atoms with van der Waals surface area (Å²) in [6.07, 6.45) is 4.02. The van der Waals surface area contributed by atoms with Crippen LogP contribution in [-0.2, 0) is 0 Å². The Morgan fingerprint density at radius 3 is 2.95 bits per heavy atom. The van der Waals surface area contributed by atoms with Crippen LogP contribution in [0.3, 0.4) is 0 Å². The molecular weight excluding hydrogens is 270 g/mol. The Kier molecular flexibility index (Phi) is 3.99. The van der Waals surface area contributed by atoms with Crippen LogP contribution >= 0.6 is 11.6 Å². The molecule has 1 saturated heterocycles. The van der Waals surface area contributed by atoms with Gasteiger partial charge in [0.15, 0.2) is 0 Å². The Hall–Kier alpha value is -1.69. The van der Waals surface area contributed by atoms with Gasteiger partial charge in [0.2, 0.25) is 0 Å². The van der Waals surface area contributed by atoms with Crippen molar-refractivity contribution in [3.63, 3.8) is 0 Å². The standard InChI is InChI=1S/C12H14ClN3O3/c1-8-4-2-3-5-15(8)12(17)10-6-9(16(18)19)7-14-11(10)13/h6-8H,2-5H2,1H3. The number of pyridine rings is 1. The number of piperidine rings is 1. The number of halogens is 1. The van der Waals surface area contributed by atoms with Crippen molar-refractivity contribution >= 4 is 23.2 Å². The molecule has 1 fully saturated rings. The summed E-state index contributed by atoms with van der Waals surface area (Å²) in [6, 6.07) is 1.32. The van der Waals surface area contributed by atoms with Gasteiger partial charge >= 0.3 is 0 Å². The van der Waals surface area contributed by atoms with Crippen LogP contribution in [-0.4, -0.2) is 33.3 Å². The summed E-state index contributed by atoms with van der Waals surface area (Å²) in [4.78, 5) is 27.9. The monoisotopic (exact) mass is 283 g/mol. The number of rotatable bonds is 2. The van der Waals surface area contributed by atoms with Crippen LogP contribution < -0.4 is 0 Å². The zero-order valence-corrected chi connectivity index (χ0v) is 11.3. The number of amides is 1. The highest BCUT2D eigenvalue weighted by Crippen LogP contribution is 2.24. The van der Waals surface area contributed by atoms with Gasteiger partial charge in [0.25, 0.3) is 11.6 Å². The van der Waals surface area contributed by atoms with Crippen LogP contribution in [0.5, 0.6) is 0 Å². The molecule has 0 aliphatic carbocycles. The number of likely N-dealkylation sites (tertiary alicyclic amines) is 1. The summed E-state index contributed by atoms with van der Waals surface area (Å²) in [5.41, 5.74) is -0.123. The zero-order chi connectivity index (χ0) is 14.0. The van der Waals surface area contributed by atoms with Crippen molar-refractivity contribution in [3.8, 4) is 0 Å². The Labute approximate surface area is 115 Å². The van der Waals surface area contributed by atoms with Crippen LogP contribution in [0, 0.1) is 10.1 Å². The van der Waals surface area contributed by atoms with Crippen molar-refractivity contribution in [2.45, 2.75) is 32.2 Å². The average molecular weight is 284 g/mol. The Bertz CT molecular complexity index is 521. The first kappa shape index (κ1) is 13.7. The third-order valence-electron chi connectivity index (χ3n) is 3.33. The van der Waals surface area contributed by atoms with Gasteiger partial charge in [0.1, 0.15) is 11.3 Å². The Morgan fingerprint density at radius 2 is 2.32 bits per heavy atom. The highest BCUT2D eigenvalue weighted by Gasteiger charge is 2.27. The SMILES string of the molecule is CC1CCCCN1C(=O)c1cc([N+](=O)[O-])cnc1Cl. The maximum absolute atomic E-state index is 12.4. The number of nitrogens with zero attached hydrogens (tertiary/aromatic N) is 3. The fraction of sp³-hybridized carbons (Fsp3) is 0.500. The molecule has 6 nitrogen and oxygen atoms in total. The van der Waals surface area contributed by atoms with E-state index in [2.05, 4.69) is 4.98 Å². The van der Waals surface area contributed by atoms with Crippen molar-refractivity contribution in [3.05, 3.63) is 33.1 Å². The predicted molar refractivity (Wildman–Crippen MR) is 70.3 cm³/mol. The minimum absolute atomic E-state index is 0.00775. The molecule has 2 heterocycles. The number of carbonyl (C=O) groups excluding carboxylic acids is 1. The van der Waals surface area contributed by atoms with E-state index < -0.39 is 4.92 Å². The lowest BCUT2D eigenvalue weighted by Gasteiger charge is -2.33. The van der Waals surface area contributed by atoms with Crippen LogP contribution in [0.15, 0.2) is 12.3 Å². The normalized spacial score (nSPS) is 19.3. The molecule has 2 rings (SSSR count). The molecule has 0 saturated carbocycles. The summed E-state index contributed by atoms with van der Waals surface area (Å²) in [6.45, 7) is 2.62. The first-order valence-corrected chi connectivity index (χ1v) is 6.49. The molecule has 102 valence electrons. The van der Waals surface area contributed by atoms with E-state index in [1.165, 1.54) is 6.07 Å². The number of nitro groups is 1. The minimum atomic E-state index is -0.584. The van der Waals surface area contributed by atoms with Gasteiger partial charge in [-0.05, 0) is 26.2 Å². The zero-order valence-electron chi connectivity index (χ0n) is 10.5. The second-order valence-corrected chi connectivity index (χ2v) is 4.99. The number of hydrogen-bond donors (Lipinski definition) is 0. The van der Waals surface area contributed by atoms with Gasteiger partial charge in [-0.3, -0.25) is 14.9 Å². The molecule has 1 atom stereocenters. The molecule has 0 N–H and O–H groups in total. The van der Waals surface area contributed by atoms with Gasteiger partial charge in [-0.1, -0.05) is 11.6 Å². The lowest BCUT2D eigenvalue weighted by Crippen LogP contribution is -2.42. The van der Waals surface area contributed by atoms with Gasteiger partial charge < -0.3 is 4.90 Å². The fourth-order valence-corrected chi connectivity index (χ4v) is 2.43. The largest absolute Gasteiger partial charge is 0.336 e. The molecule has 0 aromatic carbocycles. The van der Waals surface area contributed by atoms with E-state index in [0.717, 1.165) is 25.5 Å². The molecule has 0 radical (unpaired) electrons. The highest BCUT2D eigenvalue weighted by atomic mass is 35.5. The van der Waals surface area contributed by atoms with Crippen molar-refractivity contribution in [1.29, 1.82) is 0 Å². The number of hydrogen-bond acceptors (Lipinski definition) is 4. The van der Waals surface area contributed by atoms with E-state index >= 15 is 0 Å². The molecule has 0 spiro atoms. The van der Waals surface area contributed by atoms with Gasteiger partial charge in [-0.25, -0.2) is 4.98 Å². The molecule has 1 amide bonds. The van der Waals surface area contributed by atoms with E-state index in [-0.39, 0.29) is 28.4 Å². The quantitative estimate of drug-likeness (QED) is 0.475. The Morgan fingerprint density at radius 1 is 1.58 bits per heavy atom. The van der Waals surface area contributed by atoms with E-state index in [9.17, 15) is 14.9 Å². The topological polar surface area (TPSA) is 76.3 Å². The lowest BCUT2D eigenvalue weighted by molar-refractivity contribution is -0.385. The summed E-state index contributed by atoms with van der Waals surface area (Å²) in [5.74, 6) is -0.284. The first-order valence-electron chi connectivity index (χ1n) is 6.11. The molecule has 1 unspecified atom stereocenters. The molecule has 7 heteroatoms. The predicted octanol–water partition coefficient (Wildman–Crippen LogP) is 2.66. The third-order valence-corrected chi connectivity index (χ3v) is 3.63. The van der Waals surface area contributed by atoms with Crippen LogP contribution in [0.25, 0.3) is 0 Å². The van der Waals surface area contributed by atoms with Crippen molar-refractivity contribution in [1.82, 2.24) is 9.88 Å². The minimum Gasteiger partial charge on any atom is -0.336 e. The van der Waals surface area contributed by atoms with Crippen LogP contribution in [0.2, 0.25) is 5.15 Å². The Balaban J connectivity index is 2.32. The van der Waals surface area contributed by atoms with Gasteiger partial charge in [0.05, 0.1) is 10.5 Å². The number of aromatic nitrogens is 1. The third kappa shape index (κ3) is 2.84. The molecule has 0 bridgehead atoms. The van der Waals surface area contributed by atoms with Gasteiger partial charge in [-0.2, -0.15) is 0 Å². The first-order chi connectivity index (χ1) is 9.00. The van der Waals surface area contributed by atoms with E-state index in [0.29, 0.717) is 6.54 Å². The van der Waals surface area contributed by atoms with E-state index in [1.54, 1.807) is 4.90 Å². The highest BCUT2D eigenvalue weighted by molar-refractivity contribution is 6.32. The summed E-state index contributed by atoms with van der Waals surface area (Å²) < 4.78 is 0. The van der Waals surface area contributed by atoms with E-state index in [1.807, 2.05) is 6.92 Å². The average Bonchev–Trinajstić information content (AvgIpc) is 2.38. The molecule has 1 aliphatic heterocycles. The second kappa shape index (κ2) is 5.52. The maximum Gasteiger partial charge on any atom is 0.288 e. The molecule has 19 heavy (non-hydrogen) atoms. The number of carbonyl (C=O) groups is 1. The molecule has 1 aromatic rings. The van der Waals surface area contributed by atoms with Crippen LogP contribution in [0.4, 0.5) is 5.69 Å². The van der Waals surface area contributed by atoms with Crippen molar-refractivity contribution in [2.75, 3.05) is 6.54 Å². The van der Waals surface area contributed by atoms with Gasteiger partial charge in [-0.15, -0.1) is 0 Å². The van der Waals surface area contributed by atoms with Gasteiger partial charge in [0, 0.05) is 18.7 Å². The summed E-state index contributed by atoms with van der Waals surface area (Å²) in [7, 11) is 0. The fourth-order valence-electron chi connectivity index (χ4n) is 2.24. The van der Waals surface area contributed by atoms with Crippen LogP contribution in [0.1, 0.15) is 36.5 Å². The molecule has 1 aliphatic rings. The lowest BCUT2D eigenvalue weighted by atomic mass is 10.0. The maximum atomic E-state index is 12.4. The molecule has 1 aromatic heterocycles. The summed E-state index contributed by atoms with van der Waals surface area (Å²) >= 11 is 5.88. The van der Waals surface area contributed by atoms with Crippen molar-refractivity contribution in [2.24, 2.45) is 0 Å². The van der Waals surface area contributed by atoms with Crippen molar-refractivity contribution < 1.29 is 9.72 Å². The summed E-state index contributed by atoms with van der Waals surface area (Å²) in [5, 5.41) is 10.7. The molecular formula is C12H14ClN3O3. The van der Waals surface area contributed by atoms with E-state index in [4.69, 9.17) is 11.6 Å². The smallest absolute Gasteiger partial charge is 0.288 e. The second-order valence-electron chi connectivity index (χ2n) is 4.63.